The van der Waals surface area contributed by atoms with Crippen molar-refractivity contribution in [3.05, 3.63) is 38.9 Å². The number of esters is 2. The van der Waals surface area contributed by atoms with Crippen LogP contribution in [0.25, 0.3) is 0 Å². The first kappa shape index (κ1) is 21.6. The standard InChI is InChI=1S/C20H18N4O4S2/c1-3-27-20(26)16-14(12(7-21)17(23)30-16)9-28-19(25)11-6-15(10-4-5-10)24-18(29-2)13(11)8-22/h6,10H,3-5,9,23H2,1-2H3. The van der Waals surface area contributed by atoms with E-state index in [4.69, 9.17) is 15.2 Å². The summed E-state index contributed by atoms with van der Waals surface area (Å²) in [7, 11) is 0. The van der Waals surface area contributed by atoms with Gasteiger partial charge in [0.1, 0.15) is 33.6 Å². The number of carbonyl (C=O) groups excluding carboxylic acids is 2. The zero-order chi connectivity index (χ0) is 21.8. The molecule has 154 valence electrons. The fraction of sp³-hybridized carbons (Fsp3) is 0.350. The molecule has 2 heterocycles. The number of hydrogen-bond donors (Lipinski definition) is 1. The predicted octanol–water partition coefficient (Wildman–Crippen LogP) is 3.60. The van der Waals surface area contributed by atoms with Crippen LogP contribution < -0.4 is 5.73 Å². The van der Waals surface area contributed by atoms with Crippen LogP contribution in [0, 0.1) is 22.7 Å². The van der Waals surface area contributed by atoms with Gasteiger partial charge in [-0.3, -0.25) is 0 Å². The number of nitrogens with zero attached hydrogens (tertiary/aromatic N) is 3. The highest BCUT2D eigenvalue weighted by atomic mass is 32.2. The Morgan fingerprint density at radius 3 is 2.53 bits per heavy atom. The molecule has 0 spiro atoms. The smallest absolute Gasteiger partial charge is 0.348 e. The average molecular weight is 443 g/mol. The lowest BCUT2D eigenvalue weighted by molar-refractivity contribution is 0.0452. The van der Waals surface area contributed by atoms with Crippen LogP contribution in [0.1, 0.15) is 68.1 Å². The molecular formula is C20H18N4O4S2. The van der Waals surface area contributed by atoms with Crippen molar-refractivity contribution in [2.24, 2.45) is 0 Å². The molecule has 0 saturated heterocycles. The molecule has 1 aliphatic rings. The molecule has 30 heavy (non-hydrogen) atoms. The average Bonchev–Trinajstić information content (AvgIpc) is 3.54. The van der Waals surface area contributed by atoms with E-state index in [-0.39, 0.29) is 51.3 Å². The van der Waals surface area contributed by atoms with Gasteiger partial charge >= 0.3 is 11.9 Å². The summed E-state index contributed by atoms with van der Waals surface area (Å²) in [4.78, 5) is 29.6. The lowest BCUT2D eigenvalue weighted by atomic mass is 10.1. The van der Waals surface area contributed by atoms with Crippen LogP contribution in [0.5, 0.6) is 0 Å². The van der Waals surface area contributed by atoms with Gasteiger partial charge in [-0.15, -0.1) is 23.1 Å². The van der Waals surface area contributed by atoms with Gasteiger partial charge in [-0.2, -0.15) is 10.5 Å². The van der Waals surface area contributed by atoms with Gasteiger partial charge in [0.15, 0.2) is 0 Å². The Morgan fingerprint density at radius 2 is 1.97 bits per heavy atom. The maximum absolute atomic E-state index is 12.8. The SMILES string of the molecule is CCOC(=O)c1sc(N)c(C#N)c1COC(=O)c1cc(C2CC2)nc(SC)c1C#N. The van der Waals surface area contributed by atoms with Gasteiger partial charge < -0.3 is 15.2 Å². The second kappa shape index (κ2) is 9.16. The zero-order valence-corrected chi connectivity index (χ0v) is 18.0. The predicted molar refractivity (Wildman–Crippen MR) is 111 cm³/mol. The van der Waals surface area contributed by atoms with Crippen molar-refractivity contribution in [1.29, 1.82) is 10.5 Å². The molecule has 0 aliphatic heterocycles. The van der Waals surface area contributed by atoms with E-state index < -0.39 is 11.9 Å². The lowest BCUT2D eigenvalue weighted by Crippen LogP contribution is -2.12. The first-order valence-electron chi connectivity index (χ1n) is 9.09. The number of hydrogen-bond acceptors (Lipinski definition) is 10. The highest BCUT2D eigenvalue weighted by molar-refractivity contribution is 7.98. The minimum atomic E-state index is -0.727. The van der Waals surface area contributed by atoms with E-state index in [1.165, 1.54) is 11.8 Å². The van der Waals surface area contributed by atoms with Crippen LogP contribution in [0.2, 0.25) is 0 Å². The molecule has 2 N–H and O–H groups in total. The normalized spacial score (nSPS) is 12.7. The summed E-state index contributed by atoms with van der Waals surface area (Å²) < 4.78 is 10.4. The molecule has 0 amide bonds. The largest absolute Gasteiger partial charge is 0.462 e. The van der Waals surface area contributed by atoms with Crippen molar-refractivity contribution in [2.45, 2.75) is 37.3 Å². The number of pyridine rings is 1. The van der Waals surface area contributed by atoms with Crippen LogP contribution in [0.15, 0.2) is 11.1 Å². The fourth-order valence-electron chi connectivity index (χ4n) is 2.87. The Morgan fingerprint density at radius 1 is 1.27 bits per heavy atom. The van der Waals surface area contributed by atoms with Gasteiger partial charge in [0.05, 0.1) is 23.3 Å². The molecule has 1 saturated carbocycles. The van der Waals surface area contributed by atoms with Gasteiger partial charge in [-0.05, 0) is 32.1 Å². The number of thioether (sulfide) groups is 1. The lowest BCUT2D eigenvalue weighted by Gasteiger charge is -2.11. The Hall–Kier alpha value is -3.08. The Bertz CT molecular complexity index is 1090. The number of carbonyl (C=O) groups is 2. The third kappa shape index (κ3) is 4.25. The molecule has 8 nitrogen and oxygen atoms in total. The van der Waals surface area contributed by atoms with E-state index in [2.05, 4.69) is 4.98 Å². The zero-order valence-electron chi connectivity index (χ0n) is 16.4. The molecule has 0 radical (unpaired) electrons. The van der Waals surface area contributed by atoms with Gasteiger partial charge in [-0.25, -0.2) is 14.6 Å². The number of thiophene rings is 1. The monoisotopic (exact) mass is 442 g/mol. The van der Waals surface area contributed by atoms with E-state index in [0.717, 1.165) is 29.9 Å². The van der Waals surface area contributed by atoms with Crippen molar-refractivity contribution in [3.8, 4) is 12.1 Å². The van der Waals surface area contributed by atoms with Crippen LogP contribution in [0.4, 0.5) is 5.00 Å². The highest BCUT2D eigenvalue weighted by Crippen LogP contribution is 2.41. The number of ether oxygens (including phenoxy) is 2. The van der Waals surface area contributed by atoms with E-state index in [1.54, 1.807) is 19.2 Å². The van der Waals surface area contributed by atoms with E-state index >= 15 is 0 Å². The van der Waals surface area contributed by atoms with E-state index in [9.17, 15) is 20.1 Å². The number of aromatic nitrogens is 1. The van der Waals surface area contributed by atoms with Crippen molar-refractivity contribution >= 4 is 40.0 Å². The molecular weight excluding hydrogens is 424 g/mol. The molecule has 2 aromatic rings. The summed E-state index contributed by atoms with van der Waals surface area (Å²) in [6, 6.07) is 5.56. The summed E-state index contributed by atoms with van der Waals surface area (Å²) in [6.07, 6.45) is 3.77. The highest BCUT2D eigenvalue weighted by Gasteiger charge is 2.30. The molecule has 0 bridgehead atoms. The van der Waals surface area contributed by atoms with Crippen molar-refractivity contribution in [1.82, 2.24) is 4.98 Å². The molecule has 3 rings (SSSR count). The summed E-state index contributed by atoms with van der Waals surface area (Å²) in [6.45, 7) is 1.47. The second-order valence-corrected chi connectivity index (χ2v) is 8.27. The topological polar surface area (TPSA) is 139 Å². The van der Waals surface area contributed by atoms with Gasteiger partial charge in [-0.1, -0.05) is 0 Å². The number of nitrogen functional groups attached to an aromatic ring is 1. The summed E-state index contributed by atoms with van der Waals surface area (Å²) >= 11 is 2.20. The number of rotatable bonds is 7. The summed E-state index contributed by atoms with van der Waals surface area (Å²) in [5.41, 5.74) is 7.15. The maximum Gasteiger partial charge on any atom is 0.348 e. The third-order valence-corrected chi connectivity index (χ3v) is 6.20. The van der Waals surface area contributed by atoms with Crippen LogP contribution in [0.3, 0.4) is 0 Å². The van der Waals surface area contributed by atoms with Gasteiger partial charge in [0.25, 0.3) is 0 Å². The van der Waals surface area contributed by atoms with Gasteiger partial charge in [0, 0.05) is 17.2 Å². The number of anilines is 1. The first-order valence-corrected chi connectivity index (χ1v) is 11.1. The Kier molecular flexibility index (Phi) is 6.60. The number of nitriles is 2. The number of nitrogens with two attached hydrogens (primary N) is 1. The van der Waals surface area contributed by atoms with Crippen molar-refractivity contribution in [3.63, 3.8) is 0 Å². The van der Waals surface area contributed by atoms with Crippen LogP contribution in [-0.2, 0) is 16.1 Å². The van der Waals surface area contributed by atoms with E-state index in [0.29, 0.717) is 5.03 Å². The fourth-order valence-corrected chi connectivity index (χ4v) is 4.34. The summed E-state index contributed by atoms with van der Waals surface area (Å²) in [5, 5.41) is 19.6. The molecule has 0 atom stereocenters. The Balaban J connectivity index is 1.92. The molecule has 0 unspecified atom stereocenters. The van der Waals surface area contributed by atoms with Gasteiger partial charge in [0.2, 0.25) is 0 Å². The van der Waals surface area contributed by atoms with E-state index in [1.807, 2.05) is 12.1 Å². The molecule has 0 aromatic carbocycles. The first-order chi connectivity index (χ1) is 14.4. The summed E-state index contributed by atoms with van der Waals surface area (Å²) in [5.74, 6) is -1.08. The maximum atomic E-state index is 12.8. The van der Waals surface area contributed by atoms with Crippen LogP contribution >= 0.6 is 23.1 Å². The molecule has 10 heteroatoms. The second-order valence-electron chi connectivity index (χ2n) is 6.42. The Labute approximate surface area is 181 Å². The molecule has 2 aromatic heterocycles. The van der Waals surface area contributed by atoms with Crippen molar-refractivity contribution < 1.29 is 19.1 Å². The minimum absolute atomic E-state index is 0.0783. The minimum Gasteiger partial charge on any atom is -0.462 e. The van der Waals surface area contributed by atoms with Crippen molar-refractivity contribution in [2.75, 3.05) is 18.6 Å². The molecule has 1 fully saturated rings. The quantitative estimate of drug-likeness (QED) is 0.503. The van der Waals surface area contributed by atoms with Crippen LogP contribution in [-0.4, -0.2) is 29.8 Å². The third-order valence-electron chi connectivity index (χ3n) is 4.48. The molecule has 1 aliphatic carbocycles.